The van der Waals surface area contributed by atoms with Crippen LogP contribution in [-0.2, 0) is 0 Å². The Morgan fingerprint density at radius 3 is 1.50 bits per heavy atom. The molecule has 110 valence electrons. The van der Waals surface area contributed by atoms with E-state index in [0.29, 0.717) is 5.02 Å². The molecular formula is C18H14ClNS2. The van der Waals surface area contributed by atoms with Crippen LogP contribution in [0.1, 0.15) is 0 Å². The highest BCUT2D eigenvalue weighted by atomic mass is 35.5. The molecule has 3 rings (SSSR count). The molecule has 0 radical (unpaired) electrons. The van der Waals surface area contributed by atoms with Crippen LogP contribution in [0.5, 0.6) is 0 Å². The first-order valence-corrected chi connectivity index (χ1v) is 8.78. The predicted molar refractivity (Wildman–Crippen MR) is 97.0 cm³/mol. The van der Waals surface area contributed by atoms with Gasteiger partial charge in [0.05, 0.1) is 5.69 Å². The summed E-state index contributed by atoms with van der Waals surface area (Å²) in [4.78, 5) is 4.26. The van der Waals surface area contributed by atoms with Crippen LogP contribution in [-0.4, -0.2) is 0 Å². The molecule has 0 spiro atoms. The maximum Gasteiger partial charge on any atom is 0.0598 e. The molecule has 0 bridgehead atoms. The Balaban J connectivity index is 1.92. The van der Waals surface area contributed by atoms with Crippen LogP contribution in [0.25, 0.3) is 0 Å². The Hall–Kier alpha value is -1.55. The molecule has 0 saturated carbocycles. The average molecular weight is 344 g/mol. The lowest BCUT2D eigenvalue weighted by atomic mass is 10.3. The molecule has 1 nitrogen and oxygen atoms in total. The van der Waals surface area contributed by atoms with Crippen molar-refractivity contribution in [3.63, 3.8) is 0 Å². The van der Waals surface area contributed by atoms with E-state index in [2.05, 4.69) is 24.3 Å². The zero-order valence-electron chi connectivity index (χ0n) is 11.7. The van der Waals surface area contributed by atoms with Crippen LogP contribution >= 0.6 is 35.1 Å². The number of halogens is 1. The van der Waals surface area contributed by atoms with E-state index in [0.717, 1.165) is 25.3 Å². The summed E-state index contributed by atoms with van der Waals surface area (Å²) in [5.74, 6) is 0. The molecule has 0 aromatic heterocycles. The molecule has 0 saturated heterocycles. The third kappa shape index (κ3) is 3.80. The van der Waals surface area contributed by atoms with Gasteiger partial charge in [-0.2, -0.15) is 0 Å². The van der Waals surface area contributed by atoms with Gasteiger partial charge >= 0.3 is 0 Å². The monoisotopic (exact) mass is 343 g/mol. The highest BCUT2D eigenvalue weighted by Crippen LogP contribution is 2.41. The number of hydrogen-bond donors (Lipinski definition) is 1. The number of hydrogen-bond acceptors (Lipinski definition) is 3. The number of rotatable bonds is 4. The average Bonchev–Trinajstić information content (AvgIpc) is 2.54. The summed E-state index contributed by atoms with van der Waals surface area (Å²) in [5, 5.41) is 0.700. The van der Waals surface area contributed by atoms with E-state index in [4.69, 9.17) is 17.3 Å². The molecule has 3 aromatic rings. The first kappa shape index (κ1) is 15.3. The smallest absolute Gasteiger partial charge is 0.0598 e. The molecule has 0 amide bonds. The quantitative estimate of drug-likeness (QED) is 0.569. The highest BCUT2D eigenvalue weighted by Gasteiger charge is 2.10. The third-order valence-corrected chi connectivity index (χ3v) is 5.36. The molecule has 3 aromatic carbocycles. The third-order valence-electron chi connectivity index (χ3n) is 3.01. The van der Waals surface area contributed by atoms with Gasteiger partial charge in [0.2, 0.25) is 0 Å². The van der Waals surface area contributed by atoms with E-state index in [-0.39, 0.29) is 0 Å². The van der Waals surface area contributed by atoms with Gasteiger partial charge in [-0.15, -0.1) is 0 Å². The highest BCUT2D eigenvalue weighted by molar-refractivity contribution is 8.00. The second kappa shape index (κ2) is 7.14. The summed E-state index contributed by atoms with van der Waals surface area (Å²) >= 11 is 9.53. The summed E-state index contributed by atoms with van der Waals surface area (Å²) in [6.45, 7) is 0. The SMILES string of the molecule is Nc1c(Sc2ccccc2)cc(Cl)cc1Sc1ccccc1. The largest absolute Gasteiger partial charge is 0.397 e. The van der Waals surface area contributed by atoms with Gasteiger partial charge in [-0.3, -0.25) is 0 Å². The van der Waals surface area contributed by atoms with Crippen LogP contribution in [0, 0.1) is 0 Å². The molecule has 0 aliphatic carbocycles. The molecule has 2 N–H and O–H groups in total. The molecule has 0 atom stereocenters. The normalized spacial score (nSPS) is 10.6. The minimum Gasteiger partial charge on any atom is -0.397 e. The zero-order chi connectivity index (χ0) is 15.4. The number of nitrogens with two attached hydrogens (primary N) is 1. The van der Waals surface area contributed by atoms with Crippen molar-refractivity contribution in [2.24, 2.45) is 0 Å². The van der Waals surface area contributed by atoms with Crippen LogP contribution < -0.4 is 5.73 Å². The summed E-state index contributed by atoms with van der Waals surface area (Å²) in [5.41, 5.74) is 7.12. The lowest BCUT2D eigenvalue weighted by Crippen LogP contribution is -1.92. The van der Waals surface area contributed by atoms with Crippen molar-refractivity contribution in [3.05, 3.63) is 77.8 Å². The van der Waals surface area contributed by atoms with Crippen molar-refractivity contribution < 1.29 is 0 Å². The molecule has 22 heavy (non-hydrogen) atoms. The second-order valence-corrected chi connectivity index (χ2v) is 7.31. The van der Waals surface area contributed by atoms with Crippen LogP contribution in [0.4, 0.5) is 5.69 Å². The number of nitrogen functional groups attached to an aromatic ring is 1. The first-order chi connectivity index (χ1) is 10.7. The molecule has 0 heterocycles. The first-order valence-electron chi connectivity index (χ1n) is 6.77. The molecule has 0 unspecified atom stereocenters. The van der Waals surface area contributed by atoms with Crippen molar-refractivity contribution >= 4 is 40.8 Å². The van der Waals surface area contributed by atoms with Crippen LogP contribution in [0.3, 0.4) is 0 Å². The van der Waals surface area contributed by atoms with Crippen molar-refractivity contribution in [2.75, 3.05) is 5.73 Å². The van der Waals surface area contributed by atoms with Gasteiger partial charge in [0.15, 0.2) is 0 Å². The van der Waals surface area contributed by atoms with Gasteiger partial charge in [0, 0.05) is 24.6 Å². The lowest BCUT2D eigenvalue weighted by Gasteiger charge is -2.11. The van der Waals surface area contributed by atoms with Gasteiger partial charge in [0.1, 0.15) is 0 Å². The molecule has 0 fully saturated rings. The summed E-state index contributed by atoms with van der Waals surface area (Å²) in [7, 11) is 0. The Morgan fingerprint density at radius 1 is 0.682 bits per heavy atom. The van der Waals surface area contributed by atoms with Crippen LogP contribution in [0.2, 0.25) is 5.02 Å². The zero-order valence-corrected chi connectivity index (χ0v) is 14.1. The maximum atomic E-state index is 6.35. The minimum absolute atomic E-state index is 0.700. The van der Waals surface area contributed by atoms with Crippen molar-refractivity contribution in [2.45, 2.75) is 19.6 Å². The summed E-state index contributed by atoms with van der Waals surface area (Å²) in [6, 6.07) is 24.2. The molecule has 0 aliphatic rings. The molecular weight excluding hydrogens is 330 g/mol. The maximum absolute atomic E-state index is 6.35. The Labute approximate surface area is 143 Å². The number of anilines is 1. The van der Waals surface area contributed by atoms with Gasteiger partial charge in [-0.25, -0.2) is 0 Å². The molecule has 4 heteroatoms. The van der Waals surface area contributed by atoms with Crippen LogP contribution in [0.15, 0.2) is 92.4 Å². The van der Waals surface area contributed by atoms with Gasteiger partial charge in [0.25, 0.3) is 0 Å². The second-order valence-electron chi connectivity index (χ2n) is 4.65. The minimum atomic E-state index is 0.700. The fourth-order valence-electron chi connectivity index (χ4n) is 1.97. The van der Waals surface area contributed by atoms with E-state index in [9.17, 15) is 0 Å². The Morgan fingerprint density at radius 2 is 1.09 bits per heavy atom. The van der Waals surface area contributed by atoms with E-state index in [1.807, 2.05) is 48.5 Å². The summed E-state index contributed by atoms with van der Waals surface area (Å²) < 4.78 is 0. The fourth-order valence-corrected chi connectivity index (χ4v) is 4.29. The lowest BCUT2D eigenvalue weighted by molar-refractivity contribution is 1.32. The van der Waals surface area contributed by atoms with Gasteiger partial charge in [-0.05, 0) is 36.4 Å². The standard InChI is InChI=1S/C18H14ClNS2/c19-13-11-16(21-14-7-3-1-4-8-14)18(20)17(12-13)22-15-9-5-2-6-10-15/h1-12H,20H2. The van der Waals surface area contributed by atoms with Crippen molar-refractivity contribution in [3.8, 4) is 0 Å². The van der Waals surface area contributed by atoms with Crippen molar-refractivity contribution in [1.82, 2.24) is 0 Å². The fraction of sp³-hybridized carbons (Fsp3) is 0. The Kier molecular flexibility index (Phi) is 4.98. The topological polar surface area (TPSA) is 26.0 Å². The van der Waals surface area contributed by atoms with Gasteiger partial charge in [-0.1, -0.05) is 71.5 Å². The van der Waals surface area contributed by atoms with E-state index >= 15 is 0 Å². The number of benzene rings is 3. The Bertz CT molecular complexity index is 698. The van der Waals surface area contributed by atoms with Gasteiger partial charge < -0.3 is 5.73 Å². The molecule has 0 aliphatic heterocycles. The predicted octanol–water partition coefficient (Wildman–Crippen LogP) is 6.22. The van der Waals surface area contributed by atoms with Crippen molar-refractivity contribution in [1.29, 1.82) is 0 Å². The van der Waals surface area contributed by atoms with E-state index in [1.54, 1.807) is 23.5 Å². The summed E-state index contributed by atoms with van der Waals surface area (Å²) in [6.07, 6.45) is 0. The van der Waals surface area contributed by atoms with E-state index in [1.165, 1.54) is 0 Å². The van der Waals surface area contributed by atoms with E-state index < -0.39 is 0 Å².